The predicted octanol–water partition coefficient (Wildman–Crippen LogP) is 1.02. The summed E-state index contributed by atoms with van der Waals surface area (Å²) in [7, 11) is -3.83. The maximum atomic E-state index is 11.5. The van der Waals surface area contributed by atoms with Crippen molar-refractivity contribution in [2.45, 2.75) is 57.1 Å². The maximum Gasteiger partial charge on any atom is 0.273 e. The van der Waals surface area contributed by atoms with Gasteiger partial charge in [-0.25, -0.2) is 13.6 Å². The molecule has 7 heteroatoms. The zero-order chi connectivity index (χ0) is 13.6. The van der Waals surface area contributed by atoms with Crippen LogP contribution in [0.15, 0.2) is 5.16 Å². The van der Waals surface area contributed by atoms with Crippen molar-refractivity contribution < 1.29 is 8.42 Å². The van der Waals surface area contributed by atoms with Gasteiger partial charge >= 0.3 is 0 Å². The van der Waals surface area contributed by atoms with Crippen molar-refractivity contribution in [2.24, 2.45) is 11.1 Å². The topological polar surface area (TPSA) is 90.9 Å². The molecule has 2 N–H and O–H groups in total. The average molecular weight is 272 g/mol. The van der Waals surface area contributed by atoms with E-state index in [1.807, 2.05) is 20.8 Å². The minimum atomic E-state index is -3.83. The number of hydrogen-bond donors (Lipinski definition) is 1. The number of nitrogens with two attached hydrogens (primary N) is 1. The van der Waals surface area contributed by atoms with Crippen LogP contribution in [0.4, 0.5) is 0 Å². The standard InChI is InChI=1S/C11H20N4O2S/c1-11(2,3)15-9(7-8-5-4-6-8)13-14-10(15)18(12,16)17/h8H,4-7H2,1-3H3,(H2,12,16,17). The number of primary sulfonamides is 1. The molecular formula is C11H20N4O2S. The van der Waals surface area contributed by atoms with Crippen molar-refractivity contribution in [3.63, 3.8) is 0 Å². The Morgan fingerprint density at radius 2 is 1.94 bits per heavy atom. The Kier molecular flexibility index (Phi) is 3.23. The monoisotopic (exact) mass is 272 g/mol. The van der Waals surface area contributed by atoms with E-state index >= 15 is 0 Å². The summed E-state index contributed by atoms with van der Waals surface area (Å²) in [5, 5.41) is 12.8. The van der Waals surface area contributed by atoms with Crippen molar-refractivity contribution in [3.05, 3.63) is 5.82 Å². The Morgan fingerprint density at radius 1 is 1.33 bits per heavy atom. The zero-order valence-corrected chi connectivity index (χ0v) is 11.9. The highest BCUT2D eigenvalue weighted by atomic mass is 32.2. The van der Waals surface area contributed by atoms with Crippen LogP contribution in [0.5, 0.6) is 0 Å². The predicted molar refractivity (Wildman–Crippen MR) is 67.4 cm³/mol. The summed E-state index contributed by atoms with van der Waals surface area (Å²) < 4.78 is 24.7. The second-order valence-electron chi connectivity index (χ2n) is 5.95. The van der Waals surface area contributed by atoms with E-state index in [9.17, 15) is 8.42 Å². The summed E-state index contributed by atoms with van der Waals surface area (Å²) in [6.45, 7) is 5.78. The first kappa shape index (κ1) is 13.5. The molecule has 18 heavy (non-hydrogen) atoms. The minimum Gasteiger partial charge on any atom is -0.295 e. The number of aromatic nitrogens is 3. The highest BCUT2D eigenvalue weighted by molar-refractivity contribution is 7.89. The van der Waals surface area contributed by atoms with E-state index in [1.54, 1.807) is 4.57 Å². The van der Waals surface area contributed by atoms with Gasteiger partial charge in [0.1, 0.15) is 5.82 Å². The van der Waals surface area contributed by atoms with Gasteiger partial charge in [-0.2, -0.15) is 0 Å². The van der Waals surface area contributed by atoms with Crippen LogP contribution in [0.2, 0.25) is 0 Å². The molecule has 0 aliphatic heterocycles. The molecule has 1 fully saturated rings. The van der Waals surface area contributed by atoms with Crippen molar-refractivity contribution in [1.82, 2.24) is 14.8 Å². The lowest BCUT2D eigenvalue weighted by Crippen LogP contribution is -2.31. The van der Waals surface area contributed by atoms with Crippen LogP contribution in [-0.2, 0) is 22.0 Å². The number of hydrogen-bond acceptors (Lipinski definition) is 4. The normalized spacial score (nSPS) is 17.8. The molecule has 0 atom stereocenters. The van der Waals surface area contributed by atoms with E-state index in [1.165, 1.54) is 19.3 Å². The van der Waals surface area contributed by atoms with E-state index < -0.39 is 15.6 Å². The molecule has 1 aliphatic rings. The minimum absolute atomic E-state index is 0.135. The van der Waals surface area contributed by atoms with Crippen molar-refractivity contribution in [1.29, 1.82) is 0 Å². The van der Waals surface area contributed by atoms with E-state index in [0.29, 0.717) is 5.92 Å². The van der Waals surface area contributed by atoms with Crippen LogP contribution in [0.1, 0.15) is 45.9 Å². The smallest absolute Gasteiger partial charge is 0.273 e. The first-order valence-electron chi connectivity index (χ1n) is 6.17. The maximum absolute atomic E-state index is 11.5. The van der Waals surface area contributed by atoms with Crippen LogP contribution in [0, 0.1) is 5.92 Å². The van der Waals surface area contributed by atoms with Gasteiger partial charge in [-0.3, -0.25) is 4.57 Å². The van der Waals surface area contributed by atoms with E-state index in [2.05, 4.69) is 10.2 Å². The van der Waals surface area contributed by atoms with Gasteiger partial charge in [0.05, 0.1) is 0 Å². The van der Waals surface area contributed by atoms with Crippen LogP contribution in [0.3, 0.4) is 0 Å². The molecule has 2 rings (SSSR count). The summed E-state index contributed by atoms with van der Waals surface area (Å²) in [4.78, 5) is 0. The summed E-state index contributed by atoms with van der Waals surface area (Å²) in [6.07, 6.45) is 4.39. The van der Waals surface area contributed by atoms with Crippen molar-refractivity contribution in [3.8, 4) is 0 Å². The SMILES string of the molecule is CC(C)(C)n1c(CC2CCC2)nnc1S(N)(=O)=O. The van der Waals surface area contributed by atoms with Gasteiger partial charge in [-0.1, -0.05) is 19.3 Å². The lowest BCUT2D eigenvalue weighted by Gasteiger charge is -2.28. The van der Waals surface area contributed by atoms with Gasteiger partial charge in [0.25, 0.3) is 15.2 Å². The van der Waals surface area contributed by atoms with Crippen molar-refractivity contribution in [2.75, 3.05) is 0 Å². The molecule has 0 saturated heterocycles. The molecule has 1 heterocycles. The van der Waals surface area contributed by atoms with Crippen LogP contribution >= 0.6 is 0 Å². The van der Waals surface area contributed by atoms with Gasteiger partial charge in [-0.05, 0) is 26.7 Å². The molecule has 1 aromatic rings. The van der Waals surface area contributed by atoms with Gasteiger partial charge in [0.15, 0.2) is 0 Å². The van der Waals surface area contributed by atoms with Gasteiger partial charge in [-0.15, -0.1) is 10.2 Å². The lowest BCUT2D eigenvalue weighted by atomic mass is 9.83. The third-order valence-corrected chi connectivity index (χ3v) is 4.09. The highest BCUT2D eigenvalue weighted by Crippen LogP contribution is 2.31. The molecule has 0 spiro atoms. The Balaban J connectivity index is 2.44. The largest absolute Gasteiger partial charge is 0.295 e. The fourth-order valence-corrected chi connectivity index (χ4v) is 3.03. The molecule has 0 bridgehead atoms. The van der Waals surface area contributed by atoms with Gasteiger partial charge < -0.3 is 0 Å². The fourth-order valence-electron chi connectivity index (χ4n) is 2.25. The molecule has 1 saturated carbocycles. The average Bonchev–Trinajstić information content (AvgIpc) is 2.52. The van der Waals surface area contributed by atoms with E-state index in [-0.39, 0.29) is 5.16 Å². The van der Waals surface area contributed by atoms with Crippen LogP contribution in [0.25, 0.3) is 0 Å². The summed E-state index contributed by atoms with van der Waals surface area (Å²) in [5.74, 6) is 1.32. The molecular weight excluding hydrogens is 252 g/mol. The first-order chi connectivity index (χ1) is 8.19. The number of sulfonamides is 1. The third-order valence-electron chi connectivity index (χ3n) is 3.32. The fraction of sp³-hybridized carbons (Fsp3) is 0.818. The second-order valence-corrected chi connectivity index (χ2v) is 7.41. The third kappa shape index (κ3) is 2.56. The van der Waals surface area contributed by atoms with Crippen molar-refractivity contribution >= 4 is 10.0 Å². The summed E-state index contributed by atoms with van der Waals surface area (Å²) >= 11 is 0. The Hall–Kier alpha value is -0.950. The Bertz CT molecular complexity index is 538. The first-order valence-corrected chi connectivity index (χ1v) is 7.72. The number of rotatable bonds is 3. The Labute approximate surface area is 108 Å². The highest BCUT2D eigenvalue weighted by Gasteiger charge is 2.30. The Morgan fingerprint density at radius 3 is 2.33 bits per heavy atom. The summed E-state index contributed by atoms with van der Waals surface area (Å²) in [6, 6.07) is 0. The summed E-state index contributed by atoms with van der Waals surface area (Å²) in [5.41, 5.74) is -0.398. The molecule has 0 unspecified atom stereocenters. The van der Waals surface area contributed by atoms with Crippen LogP contribution < -0.4 is 5.14 Å². The lowest BCUT2D eigenvalue weighted by molar-refractivity contribution is 0.287. The molecule has 6 nitrogen and oxygen atoms in total. The molecule has 0 radical (unpaired) electrons. The van der Waals surface area contributed by atoms with E-state index in [4.69, 9.17) is 5.14 Å². The molecule has 1 aromatic heterocycles. The number of nitrogens with zero attached hydrogens (tertiary/aromatic N) is 3. The van der Waals surface area contributed by atoms with E-state index in [0.717, 1.165) is 12.2 Å². The quantitative estimate of drug-likeness (QED) is 0.889. The van der Waals surface area contributed by atoms with Gasteiger partial charge in [0.2, 0.25) is 0 Å². The molecule has 0 amide bonds. The second kappa shape index (κ2) is 4.31. The zero-order valence-electron chi connectivity index (χ0n) is 11.0. The van der Waals surface area contributed by atoms with Gasteiger partial charge in [0, 0.05) is 12.0 Å². The molecule has 102 valence electrons. The van der Waals surface area contributed by atoms with Crippen LogP contribution in [-0.4, -0.2) is 23.2 Å². The molecule has 0 aromatic carbocycles. The molecule has 1 aliphatic carbocycles.